The van der Waals surface area contributed by atoms with Crippen molar-refractivity contribution in [3.05, 3.63) is 71.8 Å². The van der Waals surface area contributed by atoms with Crippen molar-refractivity contribution in [2.75, 3.05) is 0 Å². The standard InChI is InChI=1S/C18H14Br4O2/c19-15(13-7-3-1-4-8-13)17(21,11-23)18(22,12-24)16(20)14-9-5-2-6-10-14/h1-12,15-16H. The summed E-state index contributed by atoms with van der Waals surface area (Å²) in [4.78, 5) is 23.4. The lowest BCUT2D eigenvalue weighted by atomic mass is 9.83. The second kappa shape index (κ2) is 8.39. The Hall–Kier alpha value is -0.300. The molecule has 0 saturated heterocycles. The van der Waals surface area contributed by atoms with E-state index in [4.69, 9.17) is 0 Å². The van der Waals surface area contributed by atoms with Crippen LogP contribution in [0.15, 0.2) is 60.7 Å². The van der Waals surface area contributed by atoms with E-state index in [9.17, 15) is 9.59 Å². The van der Waals surface area contributed by atoms with Crippen LogP contribution in [0.3, 0.4) is 0 Å². The van der Waals surface area contributed by atoms with Crippen LogP contribution < -0.4 is 0 Å². The van der Waals surface area contributed by atoms with Crippen LogP contribution in [-0.2, 0) is 9.59 Å². The number of aldehydes is 2. The predicted molar refractivity (Wildman–Crippen MR) is 112 cm³/mol. The maximum Gasteiger partial charge on any atom is 0.140 e. The van der Waals surface area contributed by atoms with Gasteiger partial charge in [-0.25, -0.2) is 0 Å². The van der Waals surface area contributed by atoms with E-state index < -0.39 is 18.3 Å². The molecule has 0 fully saturated rings. The summed E-state index contributed by atoms with van der Waals surface area (Å²) in [5, 5.41) is 0. The summed E-state index contributed by atoms with van der Waals surface area (Å²) in [5.41, 5.74) is 1.78. The molecule has 0 saturated carbocycles. The summed E-state index contributed by atoms with van der Waals surface area (Å²) in [6.07, 6.45) is 1.53. The van der Waals surface area contributed by atoms with Gasteiger partial charge in [0.1, 0.15) is 21.2 Å². The van der Waals surface area contributed by atoms with Crippen molar-refractivity contribution in [2.45, 2.75) is 18.3 Å². The van der Waals surface area contributed by atoms with Crippen LogP contribution >= 0.6 is 63.7 Å². The number of carbonyl (C=O) groups excluding carboxylic acids is 2. The second-order valence-corrected chi connectivity index (χ2v) is 9.77. The van der Waals surface area contributed by atoms with E-state index >= 15 is 0 Å². The lowest BCUT2D eigenvalue weighted by Crippen LogP contribution is -2.52. The van der Waals surface area contributed by atoms with Gasteiger partial charge in [0, 0.05) is 0 Å². The van der Waals surface area contributed by atoms with Crippen LogP contribution in [0.4, 0.5) is 0 Å². The number of benzene rings is 2. The summed E-state index contributed by atoms with van der Waals surface area (Å²) in [5.74, 6) is 0. The van der Waals surface area contributed by atoms with Gasteiger partial charge < -0.3 is 9.59 Å². The molecule has 2 rings (SSSR count). The van der Waals surface area contributed by atoms with Crippen molar-refractivity contribution in [1.29, 1.82) is 0 Å². The van der Waals surface area contributed by atoms with Gasteiger partial charge in [-0.05, 0) is 11.1 Å². The number of halogens is 4. The minimum atomic E-state index is -1.22. The topological polar surface area (TPSA) is 34.1 Å². The van der Waals surface area contributed by atoms with Crippen molar-refractivity contribution < 1.29 is 9.59 Å². The molecule has 4 atom stereocenters. The molecule has 0 aromatic heterocycles. The van der Waals surface area contributed by atoms with E-state index in [-0.39, 0.29) is 0 Å². The Bertz CT molecular complexity index is 633. The second-order valence-electron chi connectivity index (χ2n) is 5.32. The first-order chi connectivity index (χ1) is 11.4. The highest BCUT2D eigenvalue weighted by Crippen LogP contribution is 2.56. The first-order valence-corrected chi connectivity index (χ1v) is 10.5. The summed E-state index contributed by atoms with van der Waals surface area (Å²) >= 11 is 14.3. The number of hydrogen-bond donors (Lipinski definition) is 0. The molecule has 24 heavy (non-hydrogen) atoms. The summed E-state index contributed by atoms with van der Waals surface area (Å²) in [6, 6.07) is 19.0. The van der Waals surface area contributed by atoms with Crippen molar-refractivity contribution in [3.8, 4) is 0 Å². The van der Waals surface area contributed by atoms with Gasteiger partial charge in [0.2, 0.25) is 0 Å². The SMILES string of the molecule is O=CC(Br)(C(Br)c1ccccc1)C(Br)(C=O)C(Br)c1ccccc1. The first kappa shape index (κ1) is 20.0. The molecule has 0 amide bonds. The highest BCUT2D eigenvalue weighted by atomic mass is 79.9. The molecule has 6 heteroatoms. The maximum atomic E-state index is 12.1. The van der Waals surface area contributed by atoms with Gasteiger partial charge in [-0.2, -0.15) is 0 Å². The van der Waals surface area contributed by atoms with E-state index in [0.717, 1.165) is 23.7 Å². The van der Waals surface area contributed by atoms with Crippen LogP contribution in [0.2, 0.25) is 0 Å². The van der Waals surface area contributed by atoms with Crippen LogP contribution in [-0.4, -0.2) is 21.2 Å². The Morgan fingerprint density at radius 2 is 0.958 bits per heavy atom. The molecule has 126 valence electrons. The molecule has 0 bridgehead atoms. The average Bonchev–Trinajstić information content (AvgIpc) is 2.66. The highest BCUT2D eigenvalue weighted by molar-refractivity contribution is 9.15. The molecule has 4 unspecified atom stereocenters. The molecule has 2 nitrogen and oxygen atoms in total. The monoisotopic (exact) mass is 578 g/mol. The lowest BCUT2D eigenvalue weighted by molar-refractivity contribution is -0.116. The molecule has 2 aromatic rings. The van der Waals surface area contributed by atoms with E-state index in [1.165, 1.54) is 0 Å². The maximum absolute atomic E-state index is 12.1. The Balaban J connectivity index is 2.51. The fourth-order valence-corrected chi connectivity index (χ4v) is 5.79. The third-order valence-corrected chi connectivity index (χ3v) is 10.7. The van der Waals surface area contributed by atoms with Gasteiger partial charge in [-0.1, -0.05) is 124 Å². The predicted octanol–water partition coefficient (Wildman–Crippen LogP) is 5.92. The van der Waals surface area contributed by atoms with Crippen molar-refractivity contribution in [3.63, 3.8) is 0 Å². The molecule has 0 heterocycles. The van der Waals surface area contributed by atoms with Crippen molar-refractivity contribution in [2.24, 2.45) is 0 Å². The molecule has 0 aliphatic rings. The minimum Gasteiger partial charge on any atom is -0.302 e. The van der Waals surface area contributed by atoms with E-state index in [0.29, 0.717) is 0 Å². The van der Waals surface area contributed by atoms with Gasteiger partial charge in [0.25, 0.3) is 0 Å². The van der Waals surface area contributed by atoms with E-state index in [1.807, 2.05) is 60.7 Å². The normalized spacial score (nSPS) is 18.7. The molecular weight excluding hydrogens is 568 g/mol. The molecule has 0 aliphatic carbocycles. The van der Waals surface area contributed by atoms with E-state index in [2.05, 4.69) is 63.7 Å². The Morgan fingerprint density at radius 3 is 1.21 bits per heavy atom. The molecule has 0 spiro atoms. The molecule has 0 radical (unpaired) electrons. The van der Waals surface area contributed by atoms with Crippen LogP contribution in [0, 0.1) is 0 Å². The van der Waals surface area contributed by atoms with Crippen LogP contribution in [0.5, 0.6) is 0 Å². The first-order valence-electron chi connectivity index (χ1n) is 7.09. The number of rotatable bonds is 7. The summed E-state index contributed by atoms with van der Waals surface area (Å²) in [6.45, 7) is 0. The van der Waals surface area contributed by atoms with Gasteiger partial charge >= 0.3 is 0 Å². The minimum absolute atomic E-state index is 0.419. The average molecular weight is 582 g/mol. The van der Waals surface area contributed by atoms with Gasteiger partial charge in [-0.15, -0.1) is 0 Å². The Kier molecular flexibility index (Phi) is 7.00. The van der Waals surface area contributed by atoms with Crippen LogP contribution in [0.1, 0.15) is 20.8 Å². The van der Waals surface area contributed by atoms with E-state index in [1.54, 1.807) is 0 Å². The largest absolute Gasteiger partial charge is 0.302 e. The smallest absolute Gasteiger partial charge is 0.140 e. The van der Waals surface area contributed by atoms with Crippen LogP contribution in [0.25, 0.3) is 0 Å². The number of alkyl halides is 4. The third kappa shape index (κ3) is 3.62. The molecule has 2 aromatic carbocycles. The number of carbonyl (C=O) groups is 2. The fraction of sp³-hybridized carbons (Fsp3) is 0.222. The number of hydrogen-bond acceptors (Lipinski definition) is 2. The highest BCUT2D eigenvalue weighted by Gasteiger charge is 2.57. The van der Waals surface area contributed by atoms with Crippen molar-refractivity contribution >= 4 is 76.3 Å². The van der Waals surface area contributed by atoms with Gasteiger partial charge in [0.05, 0.1) is 9.65 Å². The lowest BCUT2D eigenvalue weighted by Gasteiger charge is -2.42. The molecule has 0 aliphatic heterocycles. The molecule has 0 N–H and O–H groups in total. The van der Waals surface area contributed by atoms with Gasteiger partial charge in [0.15, 0.2) is 0 Å². The zero-order valence-electron chi connectivity index (χ0n) is 12.4. The zero-order chi connectivity index (χ0) is 17.8. The summed E-state index contributed by atoms with van der Waals surface area (Å²) in [7, 11) is 0. The Labute approximate surface area is 174 Å². The quantitative estimate of drug-likeness (QED) is 0.300. The Morgan fingerprint density at radius 1 is 0.667 bits per heavy atom. The van der Waals surface area contributed by atoms with Crippen molar-refractivity contribution in [1.82, 2.24) is 0 Å². The summed E-state index contributed by atoms with van der Waals surface area (Å²) < 4.78 is -2.43. The molecular formula is C18H14Br4O2. The third-order valence-electron chi connectivity index (χ3n) is 3.85. The van der Waals surface area contributed by atoms with Gasteiger partial charge in [-0.3, -0.25) is 0 Å². The fourth-order valence-electron chi connectivity index (χ4n) is 2.42. The zero-order valence-corrected chi connectivity index (χ0v) is 18.8.